The molecule has 0 spiro atoms. The SMILES string of the molecule is NNC(/C1=C/CCCCCC1)c1ccc(Br)o1. The molecule has 0 fully saturated rings. The molecule has 0 bridgehead atoms. The number of hydrazine groups is 1. The van der Waals surface area contributed by atoms with Crippen molar-refractivity contribution in [2.45, 2.75) is 44.6 Å². The quantitative estimate of drug-likeness (QED) is 0.507. The summed E-state index contributed by atoms with van der Waals surface area (Å²) in [5, 5.41) is 0. The summed E-state index contributed by atoms with van der Waals surface area (Å²) in [6, 6.07) is 3.89. The fraction of sp³-hybridized carbons (Fsp3) is 0.538. The average Bonchev–Trinajstić information content (AvgIpc) is 2.68. The van der Waals surface area contributed by atoms with Gasteiger partial charge in [-0.2, -0.15) is 0 Å². The minimum absolute atomic E-state index is 0.0133. The number of hydrogen-bond acceptors (Lipinski definition) is 3. The van der Waals surface area contributed by atoms with Gasteiger partial charge < -0.3 is 4.42 Å². The van der Waals surface area contributed by atoms with Crippen molar-refractivity contribution in [3.8, 4) is 0 Å². The lowest BCUT2D eigenvalue weighted by Crippen LogP contribution is -2.29. The molecule has 0 amide bonds. The molecule has 3 N–H and O–H groups in total. The molecule has 2 rings (SSSR count). The van der Waals surface area contributed by atoms with Gasteiger partial charge in [-0.3, -0.25) is 5.84 Å². The summed E-state index contributed by atoms with van der Waals surface area (Å²) >= 11 is 3.33. The average molecular weight is 299 g/mol. The predicted octanol–water partition coefficient (Wildman–Crippen LogP) is 3.83. The van der Waals surface area contributed by atoms with Crippen LogP contribution in [0.2, 0.25) is 0 Å². The van der Waals surface area contributed by atoms with Gasteiger partial charge in [0.1, 0.15) is 5.76 Å². The lowest BCUT2D eigenvalue weighted by molar-refractivity contribution is 0.424. The van der Waals surface area contributed by atoms with Gasteiger partial charge in [0.05, 0.1) is 6.04 Å². The zero-order chi connectivity index (χ0) is 12.1. The number of furan rings is 1. The molecular formula is C13H19BrN2O. The molecule has 0 saturated heterocycles. The Balaban J connectivity index is 2.16. The molecule has 0 aliphatic heterocycles. The molecule has 1 unspecified atom stereocenters. The number of allylic oxidation sites excluding steroid dienone is 1. The van der Waals surface area contributed by atoms with Crippen molar-refractivity contribution in [1.29, 1.82) is 0 Å². The second-order valence-electron chi connectivity index (χ2n) is 4.47. The summed E-state index contributed by atoms with van der Waals surface area (Å²) in [5.41, 5.74) is 4.22. The van der Waals surface area contributed by atoms with Crippen molar-refractivity contribution in [3.05, 3.63) is 34.2 Å². The van der Waals surface area contributed by atoms with Crippen molar-refractivity contribution >= 4 is 15.9 Å². The third-order valence-corrected chi connectivity index (χ3v) is 3.67. The summed E-state index contributed by atoms with van der Waals surface area (Å²) in [7, 11) is 0. The first kappa shape index (κ1) is 12.9. The van der Waals surface area contributed by atoms with Crippen molar-refractivity contribution in [3.63, 3.8) is 0 Å². The lowest BCUT2D eigenvalue weighted by atomic mass is 9.94. The van der Waals surface area contributed by atoms with E-state index in [0.717, 1.165) is 23.3 Å². The van der Waals surface area contributed by atoms with Gasteiger partial charge in [0, 0.05) is 0 Å². The molecule has 1 atom stereocenters. The van der Waals surface area contributed by atoms with E-state index in [1.807, 2.05) is 12.1 Å². The first-order chi connectivity index (χ1) is 8.31. The Morgan fingerprint density at radius 2 is 2.06 bits per heavy atom. The largest absolute Gasteiger partial charge is 0.452 e. The van der Waals surface area contributed by atoms with Crippen LogP contribution in [-0.4, -0.2) is 0 Å². The monoisotopic (exact) mass is 298 g/mol. The van der Waals surface area contributed by atoms with E-state index in [1.54, 1.807) is 0 Å². The standard InChI is InChI=1S/C13H19BrN2O/c14-12-9-8-11(17-12)13(16-15)10-6-4-2-1-3-5-7-10/h6,8-9,13,16H,1-5,7,15H2/b10-6+. The molecule has 1 aromatic heterocycles. The molecule has 0 radical (unpaired) electrons. The Morgan fingerprint density at radius 3 is 2.76 bits per heavy atom. The van der Waals surface area contributed by atoms with E-state index in [0.29, 0.717) is 0 Å². The summed E-state index contributed by atoms with van der Waals surface area (Å²) in [6.07, 6.45) is 9.75. The maximum atomic E-state index is 5.67. The predicted molar refractivity (Wildman–Crippen MR) is 72.3 cm³/mol. The molecule has 1 aliphatic rings. The molecule has 0 saturated carbocycles. The molecule has 17 heavy (non-hydrogen) atoms. The fourth-order valence-electron chi connectivity index (χ4n) is 2.33. The minimum Gasteiger partial charge on any atom is -0.452 e. The Hall–Kier alpha value is -0.580. The number of nitrogens with two attached hydrogens (primary N) is 1. The van der Waals surface area contributed by atoms with Gasteiger partial charge in [-0.15, -0.1) is 0 Å². The second kappa shape index (κ2) is 6.38. The van der Waals surface area contributed by atoms with E-state index in [-0.39, 0.29) is 6.04 Å². The van der Waals surface area contributed by atoms with Crippen LogP contribution in [0.4, 0.5) is 0 Å². The van der Waals surface area contributed by atoms with Crippen LogP contribution < -0.4 is 11.3 Å². The molecule has 4 heteroatoms. The third-order valence-electron chi connectivity index (χ3n) is 3.24. The van der Waals surface area contributed by atoms with Crippen LogP contribution in [0.25, 0.3) is 0 Å². The van der Waals surface area contributed by atoms with Gasteiger partial charge in [0.2, 0.25) is 0 Å². The van der Waals surface area contributed by atoms with Crippen molar-refractivity contribution in [2.24, 2.45) is 5.84 Å². The normalized spacial score (nSPS) is 22.4. The summed E-state index contributed by atoms with van der Waals surface area (Å²) in [5.74, 6) is 6.55. The molecular weight excluding hydrogens is 280 g/mol. The highest BCUT2D eigenvalue weighted by atomic mass is 79.9. The van der Waals surface area contributed by atoms with Gasteiger partial charge in [0.15, 0.2) is 4.67 Å². The maximum Gasteiger partial charge on any atom is 0.169 e. The van der Waals surface area contributed by atoms with Gasteiger partial charge >= 0.3 is 0 Å². The molecule has 3 nitrogen and oxygen atoms in total. The van der Waals surface area contributed by atoms with Crippen LogP contribution >= 0.6 is 15.9 Å². The number of hydrogen-bond donors (Lipinski definition) is 2. The van der Waals surface area contributed by atoms with Crippen LogP contribution in [-0.2, 0) is 0 Å². The first-order valence-electron chi connectivity index (χ1n) is 6.21. The molecule has 1 aliphatic carbocycles. The van der Waals surface area contributed by atoms with E-state index >= 15 is 0 Å². The van der Waals surface area contributed by atoms with Crippen LogP contribution in [0.3, 0.4) is 0 Å². The second-order valence-corrected chi connectivity index (χ2v) is 5.26. The fourth-order valence-corrected chi connectivity index (χ4v) is 2.65. The van der Waals surface area contributed by atoms with Crippen molar-refractivity contribution < 1.29 is 4.42 Å². The highest BCUT2D eigenvalue weighted by molar-refractivity contribution is 9.10. The third kappa shape index (κ3) is 3.44. The zero-order valence-corrected chi connectivity index (χ0v) is 11.5. The number of rotatable bonds is 3. The number of nitrogens with one attached hydrogen (secondary N) is 1. The summed E-state index contributed by atoms with van der Waals surface area (Å²) < 4.78 is 6.34. The Kier molecular flexibility index (Phi) is 4.83. The van der Waals surface area contributed by atoms with Gasteiger partial charge in [-0.25, -0.2) is 5.43 Å². The first-order valence-corrected chi connectivity index (χ1v) is 7.01. The van der Waals surface area contributed by atoms with Crippen LogP contribution in [0, 0.1) is 0 Å². The van der Waals surface area contributed by atoms with Crippen molar-refractivity contribution in [2.75, 3.05) is 0 Å². The van der Waals surface area contributed by atoms with E-state index in [2.05, 4.69) is 27.4 Å². The Bertz CT molecular complexity index is 387. The van der Waals surface area contributed by atoms with Crippen LogP contribution in [0.5, 0.6) is 0 Å². The maximum absolute atomic E-state index is 5.67. The Morgan fingerprint density at radius 1 is 1.24 bits per heavy atom. The summed E-state index contributed by atoms with van der Waals surface area (Å²) in [6.45, 7) is 0. The van der Waals surface area contributed by atoms with Crippen LogP contribution in [0.15, 0.2) is 32.9 Å². The molecule has 94 valence electrons. The number of halogens is 1. The molecule has 1 heterocycles. The zero-order valence-electron chi connectivity index (χ0n) is 9.92. The van der Waals surface area contributed by atoms with Crippen LogP contribution in [0.1, 0.15) is 50.3 Å². The molecule has 1 aromatic rings. The molecule has 0 aromatic carbocycles. The van der Waals surface area contributed by atoms with Gasteiger partial charge in [-0.05, 0) is 59.3 Å². The highest BCUT2D eigenvalue weighted by Crippen LogP contribution is 2.30. The smallest absolute Gasteiger partial charge is 0.169 e. The van der Waals surface area contributed by atoms with E-state index < -0.39 is 0 Å². The topological polar surface area (TPSA) is 51.2 Å². The van der Waals surface area contributed by atoms with E-state index in [4.69, 9.17) is 10.3 Å². The van der Waals surface area contributed by atoms with E-state index in [1.165, 1.54) is 31.3 Å². The van der Waals surface area contributed by atoms with Crippen molar-refractivity contribution in [1.82, 2.24) is 5.43 Å². The van der Waals surface area contributed by atoms with Gasteiger partial charge in [-0.1, -0.05) is 18.9 Å². The highest BCUT2D eigenvalue weighted by Gasteiger charge is 2.18. The summed E-state index contributed by atoms with van der Waals surface area (Å²) in [4.78, 5) is 0. The Labute approximate surface area is 111 Å². The van der Waals surface area contributed by atoms with Gasteiger partial charge in [0.25, 0.3) is 0 Å². The van der Waals surface area contributed by atoms with E-state index in [9.17, 15) is 0 Å². The minimum atomic E-state index is 0.0133. The lowest BCUT2D eigenvalue weighted by Gasteiger charge is -2.19.